The Balaban J connectivity index is 1.40. The lowest BCUT2D eigenvalue weighted by Gasteiger charge is -2.35. The van der Waals surface area contributed by atoms with Gasteiger partial charge in [0.25, 0.3) is 5.91 Å². The predicted octanol–water partition coefficient (Wildman–Crippen LogP) is 4.63. The second-order valence-corrected chi connectivity index (χ2v) is 9.26. The second-order valence-electron chi connectivity index (χ2n) is 9.26. The summed E-state index contributed by atoms with van der Waals surface area (Å²) in [6, 6.07) is 8.17. The number of nitrogens with zero attached hydrogens (tertiary/aromatic N) is 4. The van der Waals surface area contributed by atoms with Gasteiger partial charge in [-0.05, 0) is 75.1 Å². The van der Waals surface area contributed by atoms with E-state index in [2.05, 4.69) is 30.5 Å². The van der Waals surface area contributed by atoms with Gasteiger partial charge in [-0.1, -0.05) is 13.0 Å². The third-order valence-corrected chi connectivity index (χ3v) is 6.71. The number of amides is 1. The van der Waals surface area contributed by atoms with Gasteiger partial charge in [-0.3, -0.25) is 4.79 Å². The lowest BCUT2D eigenvalue weighted by atomic mass is 9.97. The highest BCUT2D eigenvalue weighted by atomic mass is 16.5. The third kappa shape index (κ3) is 4.36. The van der Waals surface area contributed by atoms with Gasteiger partial charge in [0, 0.05) is 37.1 Å². The van der Waals surface area contributed by atoms with Crippen LogP contribution in [0.5, 0.6) is 5.75 Å². The quantitative estimate of drug-likeness (QED) is 0.546. The van der Waals surface area contributed by atoms with Crippen LogP contribution in [0.25, 0.3) is 5.65 Å². The Morgan fingerprint density at radius 1 is 1.12 bits per heavy atom. The first-order chi connectivity index (χ1) is 15.6. The Morgan fingerprint density at radius 2 is 2.00 bits per heavy atom. The van der Waals surface area contributed by atoms with Gasteiger partial charge in [-0.2, -0.15) is 0 Å². The van der Waals surface area contributed by atoms with Gasteiger partial charge in [0.1, 0.15) is 5.65 Å². The summed E-state index contributed by atoms with van der Waals surface area (Å²) in [4.78, 5) is 25.3. The molecule has 1 aliphatic heterocycles. The monoisotopic (exact) mass is 432 g/mol. The van der Waals surface area contributed by atoms with E-state index in [4.69, 9.17) is 14.7 Å². The van der Waals surface area contributed by atoms with Gasteiger partial charge in [-0.25, -0.2) is 9.97 Å². The van der Waals surface area contributed by atoms with Crippen LogP contribution in [0.2, 0.25) is 0 Å². The largest absolute Gasteiger partial charge is 0.491 e. The molecule has 0 bridgehead atoms. The van der Waals surface area contributed by atoms with Crippen LogP contribution in [0.15, 0.2) is 36.7 Å². The molecule has 6 nitrogen and oxygen atoms in total. The van der Waals surface area contributed by atoms with E-state index in [1.165, 1.54) is 12.8 Å². The van der Waals surface area contributed by atoms with Crippen LogP contribution in [0.1, 0.15) is 66.5 Å². The molecule has 0 radical (unpaired) electrons. The molecule has 1 aliphatic carbocycles. The maximum atomic E-state index is 13.7. The van der Waals surface area contributed by atoms with Gasteiger partial charge >= 0.3 is 0 Å². The number of ether oxygens (including phenoxy) is 1. The molecule has 3 aromatic heterocycles. The average molecular weight is 433 g/mol. The van der Waals surface area contributed by atoms with Gasteiger partial charge in [-0.15, -0.1) is 0 Å². The molecular formula is C26H32N4O2. The Bertz CT molecular complexity index is 1120. The van der Waals surface area contributed by atoms with Crippen molar-refractivity contribution in [2.75, 3.05) is 13.2 Å². The summed E-state index contributed by atoms with van der Waals surface area (Å²) in [5.74, 6) is 1.26. The van der Waals surface area contributed by atoms with Gasteiger partial charge < -0.3 is 14.0 Å². The van der Waals surface area contributed by atoms with E-state index in [9.17, 15) is 4.79 Å². The van der Waals surface area contributed by atoms with Crippen LogP contribution in [-0.2, 0) is 12.8 Å². The molecular weight excluding hydrogens is 400 g/mol. The molecule has 5 rings (SSSR count). The second kappa shape index (κ2) is 8.93. The zero-order chi connectivity index (χ0) is 22.1. The first kappa shape index (κ1) is 21.0. The molecule has 0 N–H and O–H groups in total. The number of pyridine rings is 2. The molecule has 1 amide bonds. The van der Waals surface area contributed by atoms with Crippen molar-refractivity contribution in [1.29, 1.82) is 0 Å². The minimum Gasteiger partial charge on any atom is -0.491 e. The predicted molar refractivity (Wildman–Crippen MR) is 124 cm³/mol. The average Bonchev–Trinajstić information content (AvgIpc) is 3.55. The standard InChI is InChI=1S/C26H32N4O2/c1-3-20-11-12-23(32-17-19-9-10-19)24(27-20)26(31)30-14-5-4-8-22(30)15-21-16-29-13-6-7-18(2)25(29)28-21/h6-7,11-13,16,19,22H,3-5,8-10,14-15,17H2,1-2H3. The zero-order valence-corrected chi connectivity index (χ0v) is 19.1. The molecule has 32 heavy (non-hydrogen) atoms. The third-order valence-electron chi connectivity index (χ3n) is 6.71. The summed E-state index contributed by atoms with van der Waals surface area (Å²) in [6.07, 6.45) is 11.3. The van der Waals surface area contributed by atoms with Crippen molar-refractivity contribution in [3.63, 3.8) is 0 Å². The van der Waals surface area contributed by atoms with Gasteiger partial charge in [0.15, 0.2) is 11.4 Å². The normalized spacial score (nSPS) is 18.8. The summed E-state index contributed by atoms with van der Waals surface area (Å²) in [7, 11) is 0. The number of carbonyl (C=O) groups is 1. The van der Waals surface area contributed by atoms with E-state index in [0.717, 1.165) is 61.2 Å². The first-order valence-electron chi connectivity index (χ1n) is 12.0. The van der Waals surface area contributed by atoms with E-state index in [1.54, 1.807) is 0 Å². The maximum absolute atomic E-state index is 13.7. The van der Waals surface area contributed by atoms with E-state index in [0.29, 0.717) is 24.0 Å². The number of aromatic nitrogens is 3. The Kier molecular flexibility index (Phi) is 5.85. The minimum atomic E-state index is -0.00394. The lowest BCUT2D eigenvalue weighted by molar-refractivity contribution is 0.0601. The highest BCUT2D eigenvalue weighted by molar-refractivity contribution is 5.95. The number of rotatable bonds is 7. The zero-order valence-electron chi connectivity index (χ0n) is 19.1. The van der Waals surface area contributed by atoms with Crippen molar-refractivity contribution in [2.24, 2.45) is 5.92 Å². The van der Waals surface area contributed by atoms with Crippen molar-refractivity contribution < 1.29 is 9.53 Å². The molecule has 168 valence electrons. The number of fused-ring (bicyclic) bond motifs is 1. The van der Waals surface area contributed by atoms with E-state index < -0.39 is 0 Å². The lowest BCUT2D eigenvalue weighted by Crippen LogP contribution is -2.45. The van der Waals surface area contributed by atoms with E-state index >= 15 is 0 Å². The number of hydrogen-bond acceptors (Lipinski definition) is 4. The Hall–Kier alpha value is -2.89. The molecule has 2 aliphatic rings. The summed E-state index contributed by atoms with van der Waals surface area (Å²) < 4.78 is 8.13. The number of hydrogen-bond donors (Lipinski definition) is 0. The van der Waals surface area contributed by atoms with Crippen LogP contribution in [-0.4, -0.2) is 44.4 Å². The van der Waals surface area contributed by atoms with Crippen LogP contribution in [0, 0.1) is 12.8 Å². The Labute approximate surface area is 189 Å². The molecule has 1 saturated carbocycles. The fraction of sp³-hybridized carbons (Fsp3) is 0.500. The maximum Gasteiger partial charge on any atom is 0.276 e. The highest BCUT2D eigenvalue weighted by Gasteiger charge is 2.31. The van der Waals surface area contributed by atoms with Crippen molar-refractivity contribution in [3.8, 4) is 5.75 Å². The summed E-state index contributed by atoms with van der Waals surface area (Å²) >= 11 is 0. The molecule has 2 fully saturated rings. The molecule has 0 spiro atoms. The molecule has 0 aromatic carbocycles. The number of imidazole rings is 1. The summed E-state index contributed by atoms with van der Waals surface area (Å²) in [5.41, 5.74) is 4.58. The van der Waals surface area contributed by atoms with Crippen molar-refractivity contribution in [1.82, 2.24) is 19.3 Å². The summed E-state index contributed by atoms with van der Waals surface area (Å²) in [6.45, 7) is 5.59. The van der Waals surface area contributed by atoms with E-state index in [-0.39, 0.29) is 11.9 Å². The van der Waals surface area contributed by atoms with E-state index in [1.807, 2.05) is 29.3 Å². The highest BCUT2D eigenvalue weighted by Crippen LogP contribution is 2.31. The van der Waals surface area contributed by atoms with Gasteiger partial charge in [0.05, 0.1) is 12.3 Å². The van der Waals surface area contributed by atoms with Crippen LogP contribution >= 0.6 is 0 Å². The number of carbonyl (C=O) groups excluding carboxylic acids is 1. The van der Waals surface area contributed by atoms with Crippen molar-refractivity contribution in [3.05, 3.63) is 59.3 Å². The first-order valence-corrected chi connectivity index (χ1v) is 12.0. The van der Waals surface area contributed by atoms with Crippen molar-refractivity contribution in [2.45, 2.75) is 64.8 Å². The fourth-order valence-corrected chi connectivity index (χ4v) is 4.61. The van der Waals surface area contributed by atoms with Crippen LogP contribution in [0.4, 0.5) is 0 Å². The van der Waals surface area contributed by atoms with Crippen LogP contribution in [0.3, 0.4) is 0 Å². The topological polar surface area (TPSA) is 59.7 Å². The number of aryl methyl sites for hydroxylation is 2. The Morgan fingerprint density at radius 3 is 2.78 bits per heavy atom. The molecule has 3 aromatic rings. The molecule has 1 unspecified atom stereocenters. The molecule has 6 heteroatoms. The fourth-order valence-electron chi connectivity index (χ4n) is 4.61. The van der Waals surface area contributed by atoms with Gasteiger partial charge in [0.2, 0.25) is 0 Å². The minimum absolute atomic E-state index is 0.00394. The number of likely N-dealkylation sites (tertiary alicyclic amines) is 1. The van der Waals surface area contributed by atoms with Crippen LogP contribution < -0.4 is 4.74 Å². The number of piperidine rings is 1. The SMILES string of the molecule is CCc1ccc(OCC2CC2)c(C(=O)N2CCCCC2Cc2cn3cccc(C)c3n2)n1. The molecule has 4 heterocycles. The smallest absolute Gasteiger partial charge is 0.276 e. The molecule has 1 atom stereocenters. The summed E-state index contributed by atoms with van der Waals surface area (Å²) in [5, 5.41) is 0. The molecule has 1 saturated heterocycles. The van der Waals surface area contributed by atoms with Crippen molar-refractivity contribution >= 4 is 11.6 Å².